The second kappa shape index (κ2) is 10.5. The van der Waals surface area contributed by atoms with Crippen LogP contribution >= 0.6 is 0 Å². The highest BCUT2D eigenvalue weighted by molar-refractivity contribution is 5.93. The minimum Gasteiger partial charge on any atom is -0.478 e. The van der Waals surface area contributed by atoms with Crippen LogP contribution in [0.1, 0.15) is 24.2 Å². The largest absolute Gasteiger partial charge is 0.478 e. The number of nitrogens with one attached hydrogen (secondary N) is 1. The maximum atomic E-state index is 10.4. The molecule has 0 fully saturated rings. The molecule has 0 spiro atoms. The first-order valence-electron chi connectivity index (χ1n) is 4.43. The number of aromatic carboxylic acids is 1. The number of carbonyl (C=O) groups excluding carboxylic acids is 1. The van der Waals surface area contributed by atoms with Crippen LogP contribution in [0.3, 0.4) is 0 Å². The number of nitrogen functional groups attached to an aromatic ring is 1. The standard InChI is InChI=1S/C6H7N3O2.C3H6O.H4N2/c7-9-5-1-2-8-3-4(5)6(10)11;1-3(2)4;1-2/h1-3H,7H2,(H,8,9)(H,10,11);1-2H3;1-2H2. The number of rotatable bonds is 2. The van der Waals surface area contributed by atoms with Crippen LogP contribution in [-0.4, -0.2) is 21.8 Å². The fourth-order valence-corrected chi connectivity index (χ4v) is 0.691. The lowest BCUT2D eigenvalue weighted by Gasteiger charge is -2.01. The number of ketones is 1. The molecule has 8 nitrogen and oxygen atoms in total. The third-order valence-corrected chi connectivity index (χ3v) is 1.21. The molecular formula is C9H17N5O3. The van der Waals surface area contributed by atoms with Gasteiger partial charge < -0.3 is 15.3 Å². The van der Waals surface area contributed by atoms with E-state index in [4.69, 9.17) is 10.9 Å². The Hall–Kier alpha value is -2.03. The van der Waals surface area contributed by atoms with E-state index < -0.39 is 5.97 Å². The van der Waals surface area contributed by atoms with E-state index in [0.29, 0.717) is 5.69 Å². The van der Waals surface area contributed by atoms with Gasteiger partial charge in [0.1, 0.15) is 11.3 Å². The van der Waals surface area contributed by atoms with E-state index in [1.807, 2.05) is 0 Å². The number of carbonyl (C=O) groups is 2. The quantitative estimate of drug-likeness (QED) is 0.343. The van der Waals surface area contributed by atoms with Crippen LogP contribution in [0.5, 0.6) is 0 Å². The van der Waals surface area contributed by atoms with Crippen molar-refractivity contribution in [2.45, 2.75) is 13.8 Å². The lowest BCUT2D eigenvalue weighted by atomic mass is 10.2. The van der Waals surface area contributed by atoms with Crippen molar-refractivity contribution in [3.8, 4) is 0 Å². The molecule has 96 valence electrons. The maximum Gasteiger partial charge on any atom is 0.339 e. The molecule has 8 N–H and O–H groups in total. The summed E-state index contributed by atoms with van der Waals surface area (Å²) < 4.78 is 0. The molecule has 0 aliphatic rings. The van der Waals surface area contributed by atoms with E-state index in [2.05, 4.69) is 22.1 Å². The second-order valence-corrected chi connectivity index (χ2v) is 2.78. The molecule has 0 atom stereocenters. The van der Waals surface area contributed by atoms with Gasteiger partial charge in [0, 0.05) is 12.4 Å². The summed E-state index contributed by atoms with van der Waals surface area (Å²) in [6, 6.07) is 1.49. The van der Waals surface area contributed by atoms with E-state index in [1.54, 1.807) is 0 Å². The molecule has 1 rings (SSSR count). The van der Waals surface area contributed by atoms with Crippen LogP contribution in [0.15, 0.2) is 18.5 Å². The molecule has 17 heavy (non-hydrogen) atoms. The Morgan fingerprint density at radius 3 is 2.12 bits per heavy atom. The molecule has 0 aromatic carbocycles. The number of hydrazine groups is 2. The van der Waals surface area contributed by atoms with E-state index in [1.165, 1.54) is 32.3 Å². The fraction of sp³-hybridized carbons (Fsp3) is 0.222. The zero-order chi connectivity index (χ0) is 13.8. The second-order valence-electron chi connectivity index (χ2n) is 2.78. The number of nitrogens with two attached hydrogens (primary N) is 3. The fourth-order valence-electron chi connectivity index (χ4n) is 0.691. The number of carboxylic acids is 1. The molecule has 0 aliphatic carbocycles. The van der Waals surface area contributed by atoms with Gasteiger partial charge in [-0.05, 0) is 19.9 Å². The Kier molecular flexibility index (Phi) is 10.7. The lowest BCUT2D eigenvalue weighted by Crippen LogP contribution is -2.11. The molecule has 1 aromatic heterocycles. The van der Waals surface area contributed by atoms with Crippen LogP contribution in [0.2, 0.25) is 0 Å². The minimum absolute atomic E-state index is 0.0648. The zero-order valence-corrected chi connectivity index (χ0v) is 9.68. The third-order valence-electron chi connectivity index (χ3n) is 1.21. The number of nitrogens with zero attached hydrogens (tertiary/aromatic N) is 1. The molecule has 0 saturated heterocycles. The van der Waals surface area contributed by atoms with Crippen molar-refractivity contribution in [3.63, 3.8) is 0 Å². The highest BCUT2D eigenvalue weighted by Crippen LogP contribution is 2.10. The monoisotopic (exact) mass is 243 g/mol. The molecule has 0 saturated carbocycles. The average molecular weight is 243 g/mol. The van der Waals surface area contributed by atoms with Gasteiger partial charge in [0.25, 0.3) is 0 Å². The molecule has 0 aliphatic heterocycles. The topological polar surface area (TPSA) is 157 Å². The highest BCUT2D eigenvalue weighted by atomic mass is 16.4. The van der Waals surface area contributed by atoms with Gasteiger partial charge in [-0.1, -0.05) is 0 Å². The molecule has 1 aromatic rings. The number of anilines is 1. The number of hydrogen-bond donors (Lipinski definition) is 5. The molecule has 0 bridgehead atoms. The maximum absolute atomic E-state index is 10.4. The normalized spacial score (nSPS) is 7.82. The average Bonchev–Trinajstić information content (AvgIpc) is 2.31. The van der Waals surface area contributed by atoms with Crippen molar-refractivity contribution < 1.29 is 14.7 Å². The zero-order valence-electron chi connectivity index (χ0n) is 9.68. The summed E-state index contributed by atoms with van der Waals surface area (Å²) in [4.78, 5) is 23.5. The van der Waals surface area contributed by atoms with Gasteiger partial charge in [0.05, 0.1) is 5.69 Å². The van der Waals surface area contributed by atoms with Crippen LogP contribution in [0.4, 0.5) is 5.69 Å². The summed E-state index contributed by atoms with van der Waals surface area (Å²) in [6.07, 6.45) is 2.69. The summed E-state index contributed by atoms with van der Waals surface area (Å²) in [5, 5.41) is 8.56. The minimum atomic E-state index is -1.05. The highest BCUT2D eigenvalue weighted by Gasteiger charge is 2.07. The van der Waals surface area contributed by atoms with Crippen LogP contribution in [0.25, 0.3) is 0 Å². The van der Waals surface area contributed by atoms with Gasteiger partial charge in [0.2, 0.25) is 0 Å². The Morgan fingerprint density at radius 2 is 1.82 bits per heavy atom. The predicted octanol–water partition coefficient (Wildman–Crippen LogP) is -0.520. The van der Waals surface area contributed by atoms with E-state index in [9.17, 15) is 9.59 Å². The number of hydrogen-bond acceptors (Lipinski definition) is 7. The Morgan fingerprint density at radius 1 is 1.35 bits per heavy atom. The molecule has 0 amide bonds. The summed E-state index contributed by atoms with van der Waals surface area (Å²) in [5.41, 5.74) is 2.68. The lowest BCUT2D eigenvalue weighted by molar-refractivity contribution is -0.115. The first-order valence-corrected chi connectivity index (χ1v) is 4.43. The van der Waals surface area contributed by atoms with E-state index in [0.717, 1.165) is 0 Å². The van der Waals surface area contributed by atoms with Crippen molar-refractivity contribution in [1.29, 1.82) is 0 Å². The van der Waals surface area contributed by atoms with Crippen molar-refractivity contribution in [2.75, 3.05) is 5.43 Å². The van der Waals surface area contributed by atoms with Crippen molar-refractivity contribution in [3.05, 3.63) is 24.0 Å². The molecule has 1 heterocycles. The van der Waals surface area contributed by atoms with Crippen LogP contribution < -0.4 is 23.0 Å². The van der Waals surface area contributed by atoms with Crippen molar-refractivity contribution in [2.24, 2.45) is 17.5 Å². The van der Waals surface area contributed by atoms with Gasteiger partial charge in [-0.15, -0.1) is 0 Å². The van der Waals surface area contributed by atoms with Crippen molar-refractivity contribution in [1.82, 2.24) is 4.98 Å². The Balaban J connectivity index is 0. The Bertz CT molecular complexity index is 352. The van der Waals surface area contributed by atoms with Crippen LogP contribution in [0, 0.1) is 0 Å². The molecule has 0 unspecified atom stereocenters. The predicted molar refractivity (Wildman–Crippen MR) is 63.7 cm³/mol. The van der Waals surface area contributed by atoms with Gasteiger partial charge in [-0.2, -0.15) is 0 Å². The number of Topliss-reactive ketones (excluding diaryl/α,β-unsaturated/α-hetero) is 1. The van der Waals surface area contributed by atoms with Gasteiger partial charge >= 0.3 is 5.97 Å². The number of pyridine rings is 1. The third kappa shape index (κ3) is 8.93. The van der Waals surface area contributed by atoms with Crippen LogP contribution in [-0.2, 0) is 4.79 Å². The van der Waals surface area contributed by atoms with Crippen molar-refractivity contribution >= 4 is 17.4 Å². The summed E-state index contributed by atoms with van der Waals surface area (Å²) in [6.45, 7) is 3.06. The van der Waals surface area contributed by atoms with E-state index in [-0.39, 0.29) is 11.3 Å². The van der Waals surface area contributed by atoms with Gasteiger partial charge in [0.15, 0.2) is 0 Å². The Labute approximate surface area is 98.7 Å². The molecular weight excluding hydrogens is 226 g/mol. The SMILES string of the molecule is CC(C)=O.NN.NNc1ccncc1C(=O)O. The molecule has 8 heteroatoms. The first kappa shape index (κ1) is 17.4. The number of carboxylic acid groups (broad SMARTS) is 1. The summed E-state index contributed by atoms with van der Waals surface area (Å²) >= 11 is 0. The smallest absolute Gasteiger partial charge is 0.339 e. The summed E-state index contributed by atoms with van der Waals surface area (Å²) in [5.74, 6) is 12.2. The van der Waals surface area contributed by atoms with E-state index >= 15 is 0 Å². The number of aromatic nitrogens is 1. The van der Waals surface area contributed by atoms with Gasteiger partial charge in [-0.3, -0.25) is 22.5 Å². The summed E-state index contributed by atoms with van der Waals surface area (Å²) in [7, 11) is 0. The first-order chi connectivity index (χ1) is 7.99. The molecule has 0 radical (unpaired) electrons. The van der Waals surface area contributed by atoms with Gasteiger partial charge in [-0.25, -0.2) is 4.79 Å².